The number of fused-ring (bicyclic) bond motifs is 6. The van der Waals surface area contributed by atoms with Gasteiger partial charge in [-0.15, -0.1) is 0 Å². The second-order valence-electron chi connectivity index (χ2n) is 18.0. The molecule has 0 spiro atoms. The van der Waals surface area contributed by atoms with Gasteiger partial charge in [0.05, 0.1) is 22.1 Å². The van der Waals surface area contributed by atoms with Gasteiger partial charge in [-0.3, -0.25) is 0 Å². The normalized spacial score (nSPS) is 11.8. The molecule has 0 atom stereocenters. The van der Waals surface area contributed by atoms with Crippen LogP contribution in [0.25, 0.3) is 93.2 Å². The summed E-state index contributed by atoms with van der Waals surface area (Å²) in [7, 11) is 0. The molecule has 13 aromatic rings. The molecule has 1 aromatic heterocycles. The lowest BCUT2D eigenvalue weighted by atomic mass is 9.65. The molecular weight excluding hydrogens is 819 g/mol. The van der Waals surface area contributed by atoms with Crippen LogP contribution < -0.4 is 0 Å². The van der Waals surface area contributed by atoms with E-state index in [4.69, 9.17) is 0 Å². The Hall–Kier alpha value is -8.78. The third kappa shape index (κ3) is 6.32. The quantitative estimate of drug-likeness (QED) is 0.134. The van der Waals surface area contributed by atoms with Crippen LogP contribution in [0.2, 0.25) is 0 Å². The summed E-state index contributed by atoms with van der Waals surface area (Å²) >= 11 is 0. The van der Waals surface area contributed by atoms with Crippen LogP contribution in [0.15, 0.2) is 273 Å². The fraction of sp³-hybridized carbons (Fsp3) is 0.0149. The molecule has 0 aliphatic rings. The van der Waals surface area contributed by atoms with Crippen molar-refractivity contribution in [1.82, 2.24) is 4.57 Å². The van der Waals surface area contributed by atoms with Gasteiger partial charge in [-0.2, -0.15) is 0 Å². The number of aromatic nitrogens is 1. The summed E-state index contributed by atoms with van der Waals surface area (Å²) in [6, 6.07) is 101. The van der Waals surface area contributed by atoms with Gasteiger partial charge in [0.2, 0.25) is 0 Å². The third-order valence-electron chi connectivity index (χ3n) is 14.4. The van der Waals surface area contributed by atoms with Crippen LogP contribution in [-0.4, -0.2) is 4.57 Å². The van der Waals surface area contributed by atoms with E-state index in [9.17, 15) is 0 Å². The molecule has 0 fully saturated rings. The number of rotatable bonds is 8. The smallest absolute Gasteiger partial charge is 0.0701 e. The van der Waals surface area contributed by atoms with Gasteiger partial charge in [0.1, 0.15) is 0 Å². The lowest BCUT2D eigenvalue weighted by Crippen LogP contribution is -2.30. The van der Waals surface area contributed by atoms with Gasteiger partial charge in [-0.05, 0) is 113 Å². The van der Waals surface area contributed by atoms with Crippen molar-refractivity contribution in [3.8, 4) is 39.1 Å². The number of nitrogens with zero attached hydrogens (tertiary/aromatic N) is 1. The molecule has 1 heteroatoms. The first-order valence-corrected chi connectivity index (χ1v) is 23.6. The van der Waals surface area contributed by atoms with Crippen LogP contribution >= 0.6 is 0 Å². The van der Waals surface area contributed by atoms with Crippen molar-refractivity contribution in [3.05, 3.63) is 295 Å². The van der Waals surface area contributed by atoms with Crippen molar-refractivity contribution < 1.29 is 0 Å². The monoisotopic (exact) mass is 863 g/mol. The predicted molar refractivity (Wildman–Crippen MR) is 288 cm³/mol. The predicted octanol–water partition coefficient (Wildman–Crippen LogP) is 17.6. The Balaban J connectivity index is 0.995. The number of hydrogen-bond acceptors (Lipinski definition) is 0. The van der Waals surface area contributed by atoms with E-state index in [0.717, 1.165) is 5.69 Å². The standard InChI is InChI=1S/C67H45N/c1-4-22-51(23-5-1)67(52-24-6-2-7-25-52,53-26-8-3-9-27-53)54-40-36-48(37-41-54)57-32-16-34-61-60(57)33-17-35-64(61)68-65-42-38-49(58-30-14-20-46-18-10-12-28-55(46)58)44-62(65)63-45-50(39-43-66(63)68)59-31-15-21-47-19-11-13-29-56(47)59/h1-45H. The first kappa shape index (κ1) is 39.6. The molecule has 12 aromatic carbocycles. The van der Waals surface area contributed by atoms with Crippen molar-refractivity contribution >= 4 is 54.1 Å². The summed E-state index contributed by atoms with van der Waals surface area (Å²) in [5, 5.41) is 9.89. The highest BCUT2D eigenvalue weighted by Crippen LogP contribution is 2.47. The van der Waals surface area contributed by atoms with Crippen molar-refractivity contribution in [2.75, 3.05) is 0 Å². The van der Waals surface area contributed by atoms with Crippen molar-refractivity contribution in [2.45, 2.75) is 5.41 Å². The Labute approximate surface area is 396 Å². The molecule has 0 amide bonds. The van der Waals surface area contributed by atoms with E-state index < -0.39 is 5.41 Å². The van der Waals surface area contributed by atoms with Gasteiger partial charge in [0, 0.05) is 16.2 Å². The lowest BCUT2D eigenvalue weighted by molar-refractivity contribution is 0.745. The minimum absolute atomic E-state index is 0.508. The number of hydrogen-bond donors (Lipinski definition) is 0. The van der Waals surface area contributed by atoms with Crippen LogP contribution in [0.4, 0.5) is 0 Å². The Morgan fingerprint density at radius 2 is 0.603 bits per heavy atom. The van der Waals surface area contributed by atoms with E-state index in [2.05, 4.69) is 278 Å². The molecule has 318 valence electrons. The van der Waals surface area contributed by atoms with E-state index in [1.807, 2.05) is 0 Å². The Morgan fingerprint density at radius 1 is 0.235 bits per heavy atom. The zero-order valence-corrected chi connectivity index (χ0v) is 37.4. The zero-order chi connectivity index (χ0) is 45.0. The summed E-state index contributed by atoms with van der Waals surface area (Å²) in [6.07, 6.45) is 0. The Kier molecular flexibility index (Phi) is 9.47. The van der Waals surface area contributed by atoms with E-state index in [1.165, 1.54) is 110 Å². The maximum absolute atomic E-state index is 2.49. The van der Waals surface area contributed by atoms with Gasteiger partial charge in [0.25, 0.3) is 0 Å². The molecule has 1 heterocycles. The maximum atomic E-state index is 2.49. The van der Waals surface area contributed by atoms with Crippen LogP contribution in [0.1, 0.15) is 22.3 Å². The van der Waals surface area contributed by atoms with E-state index in [0.29, 0.717) is 0 Å². The van der Waals surface area contributed by atoms with E-state index in [1.54, 1.807) is 0 Å². The van der Waals surface area contributed by atoms with Crippen molar-refractivity contribution in [2.24, 2.45) is 0 Å². The zero-order valence-electron chi connectivity index (χ0n) is 37.4. The minimum atomic E-state index is -0.508. The molecule has 13 rings (SSSR count). The minimum Gasteiger partial charge on any atom is -0.309 e. The molecule has 0 aliphatic heterocycles. The largest absolute Gasteiger partial charge is 0.309 e. The third-order valence-corrected chi connectivity index (χ3v) is 14.4. The van der Waals surface area contributed by atoms with Crippen LogP contribution in [-0.2, 0) is 5.41 Å². The summed E-state index contributed by atoms with van der Waals surface area (Å²) in [4.78, 5) is 0. The maximum Gasteiger partial charge on any atom is 0.0701 e. The van der Waals surface area contributed by atoms with Crippen LogP contribution in [0.3, 0.4) is 0 Å². The van der Waals surface area contributed by atoms with Gasteiger partial charge >= 0.3 is 0 Å². The lowest BCUT2D eigenvalue weighted by Gasteiger charge is -2.37. The fourth-order valence-electron chi connectivity index (χ4n) is 11.3. The SMILES string of the molecule is c1ccc(C(c2ccccc2)(c2ccccc2)c2ccc(-c3cccc4c(-n5c6ccc(-c7cccc8ccccc78)cc6c6cc(-c7cccc8ccccc78)ccc65)cccc34)cc2)cc1. The average Bonchev–Trinajstić information content (AvgIpc) is 3.74. The molecule has 0 unspecified atom stereocenters. The average molecular weight is 864 g/mol. The molecule has 0 saturated carbocycles. The molecule has 0 radical (unpaired) electrons. The Bertz CT molecular complexity index is 3750. The topological polar surface area (TPSA) is 4.93 Å². The Morgan fingerprint density at radius 3 is 1.12 bits per heavy atom. The summed E-state index contributed by atoms with van der Waals surface area (Å²) < 4.78 is 2.49. The summed E-state index contributed by atoms with van der Waals surface area (Å²) in [6.45, 7) is 0. The van der Waals surface area contributed by atoms with Gasteiger partial charge in [-0.1, -0.05) is 243 Å². The molecule has 0 N–H and O–H groups in total. The summed E-state index contributed by atoms with van der Waals surface area (Å²) in [5.41, 5.74) is 15.2. The molecule has 0 bridgehead atoms. The first-order chi connectivity index (χ1) is 33.7. The summed E-state index contributed by atoms with van der Waals surface area (Å²) in [5.74, 6) is 0. The van der Waals surface area contributed by atoms with E-state index in [-0.39, 0.29) is 0 Å². The van der Waals surface area contributed by atoms with E-state index >= 15 is 0 Å². The van der Waals surface area contributed by atoms with Crippen LogP contribution in [0.5, 0.6) is 0 Å². The van der Waals surface area contributed by atoms with Gasteiger partial charge in [0.15, 0.2) is 0 Å². The first-order valence-electron chi connectivity index (χ1n) is 23.6. The fourth-order valence-corrected chi connectivity index (χ4v) is 11.3. The second-order valence-corrected chi connectivity index (χ2v) is 18.0. The molecule has 0 aliphatic carbocycles. The second kappa shape index (κ2) is 16.3. The van der Waals surface area contributed by atoms with Crippen LogP contribution in [0, 0.1) is 0 Å². The van der Waals surface area contributed by atoms with Gasteiger partial charge in [-0.25, -0.2) is 0 Å². The van der Waals surface area contributed by atoms with Crippen molar-refractivity contribution in [3.63, 3.8) is 0 Å². The highest BCUT2D eigenvalue weighted by Gasteiger charge is 2.38. The molecule has 68 heavy (non-hydrogen) atoms. The molecular formula is C67H45N. The highest BCUT2D eigenvalue weighted by atomic mass is 15.0. The molecule has 0 saturated heterocycles. The molecule has 1 nitrogen and oxygen atoms in total. The number of benzene rings is 12. The highest BCUT2D eigenvalue weighted by molar-refractivity contribution is 6.14. The van der Waals surface area contributed by atoms with Gasteiger partial charge < -0.3 is 4.57 Å². The van der Waals surface area contributed by atoms with Crippen molar-refractivity contribution in [1.29, 1.82) is 0 Å².